The van der Waals surface area contributed by atoms with Gasteiger partial charge in [0, 0.05) is 44.2 Å². The Morgan fingerprint density at radius 1 is 1.11 bits per heavy atom. The van der Waals surface area contributed by atoms with E-state index in [0.29, 0.717) is 60.8 Å². The minimum Gasteiger partial charge on any atom is -0.350 e. The summed E-state index contributed by atoms with van der Waals surface area (Å²) < 4.78 is 58.0. The Kier molecular flexibility index (Phi) is 7.73. The van der Waals surface area contributed by atoms with E-state index in [4.69, 9.17) is 0 Å². The number of rotatable bonds is 7. The zero-order valence-electron chi connectivity index (χ0n) is 21.5. The molecular formula is C26H33F2N7O2S. The molecule has 2 saturated heterocycles. The number of hydrogen-bond acceptors (Lipinski definition) is 7. The summed E-state index contributed by atoms with van der Waals surface area (Å²) in [4.78, 5) is 13.7. The van der Waals surface area contributed by atoms with Crippen molar-refractivity contribution in [2.75, 3.05) is 36.2 Å². The van der Waals surface area contributed by atoms with Crippen LogP contribution in [0, 0.1) is 5.82 Å². The summed E-state index contributed by atoms with van der Waals surface area (Å²) in [5.41, 5.74) is 3.08. The average molecular weight is 546 g/mol. The van der Waals surface area contributed by atoms with Crippen molar-refractivity contribution in [2.24, 2.45) is 0 Å². The monoisotopic (exact) mass is 545 g/mol. The van der Waals surface area contributed by atoms with E-state index in [1.807, 2.05) is 19.9 Å². The fraction of sp³-hybridized carbons (Fsp3) is 0.500. The fourth-order valence-electron chi connectivity index (χ4n) is 4.95. The van der Waals surface area contributed by atoms with Crippen molar-refractivity contribution in [1.82, 2.24) is 24.6 Å². The number of nitrogens with one attached hydrogen (secondary N) is 3. The number of aromatic nitrogens is 3. The van der Waals surface area contributed by atoms with Crippen molar-refractivity contribution >= 4 is 32.9 Å². The summed E-state index contributed by atoms with van der Waals surface area (Å²) in [5.74, 6) is -0.181. The van der Waals surface area contributed by atoms with Gasteiger partial charge in [-0.15, -0.1) is 0 Å². The van der Waals surface area contributed by atoms with E-state index in [0.717, 1.165) is 24.8 Å². The molecule has 0 spiro atoms. The summed E-state index contributed by atoms with van der Waals surface area (Å²) in [5, 5.41) is 6.27. The lowest BCUT2D eigenvalue weighted by atomic mass is 9.99. The van der Waals surface area contributed by atoms with Crippen LogP contribution in [0.4, 0.5) is 20.4 Å². The Balaban J connectivity index is 1.41. The van der Waals surface area contributed by atoms with Crippen LogP contribution in [0.1, 0.15) is 51.0 Å². The van der Waals surface area contributed by atoms with Crippen molar-refractivity contribution in [2.45, 2.75) is 57.7 Å². The number of anilines is 2. The van der Waals surface area contributed by atoms with E-state index in [1.165, 1.54) is 16.4 Å². The SMILES string of the molecule is CC(C)c1cc(-c2ccc(NS(=O)(=O)N3CCCCC3)c(F)c2)nc2cnc(N[C@@H]3CNC[C@@H](F)C3)nc12. The van der Waals surface area contributed by atoms with Gasteiger partial charge in [-0.05, 0) is 42.5 Å². The van der Waals surface area contributed by atoms with Gasteiger partial charge in [-0.2, -0.15) is 12.7 Å². The van der Waals surface area contributed by atoms with Gasteiger partial charge in [0.1, 0.15) is 17.5 Å². The minimum atomic E-state index is -3.82. The summed E-state index contributed by atoms with van der Waals surface area (Å²) in [7, 11) is -3.82. The van der Waals surface area contributed by atoms with Crippen LogP contribution < -0.4 is 15.4 Å². The van der Waals surface area contributed by atoms with Crippen molar-refractivity contribution in [1.29, 1.82) is 0 Å². The van der Waals surface area contributed by atoms with Crippen LogP contribution in [0.25, 0.3) is 22.3 Å². The molecule has 0 radical (unpaired) electrons. The molecule has 9 nitrogen and oxygen atoms in total. The van der Waals surface area contributed by atoms with Gasteiger partial charge >= 0.3 is 10.2 Å². The highest BCUT2D eigenvalue weighted by atomic mass is 32.2. The third-order valence-corrected chi connectivity index (χ3v) is 8.51. The molecule has 0 saturated carbocycles. The number of nitrogens with zero attached hydrogens (tertiary/aromatic N) is 4. The molecule has 204 valence electrons. The molecule has 1 aromatic carbocycles. The summed E-state index contributed by atoms with van der Waals surface area (Å²) >= 11 is 0. The van der Waals surface area contributed by atoms with E-state index in [1.54, 1.807) is 12.3 Å². The number of fused-ring (bicyclic) bond motifs is 1. The molecular weight excluding hydrogens is 512 g/mol. The van der Waals surface area contributed by atoms with Gasteiger partial charge in [0.2, 0.25) is 5.95 Å². The Labute approximate surface area is 221 Å². The van der Waals surface area contributed by atoms with Gasteiger partial charge in [-0.3, -0.25) is 4.72 Å². The highest BCUT2D eigenvalue weighted by Crippen LogP contribution is 2.31. The molecule has 0 bridgehead atoms. The summed E-state index contributed by atoms with van der Waals surface area (Å²) in [6.45, 7) is 5.91. The molecule has 3 N–H and O–H groups in total. The Morgan fingerprint density at radius 2 is 1.89 bits per heavy atom. The number of alkyl halides is 1. The van der Waals surface area contributed by atoms with Crippen molar-refractivity contribution in [3.05, 3.63) is 41.8 Å². The fourth-order valence-corrected chi connectivity index (χ4v) is 6.26. The van der Waals surface area contributed by atoms with Gasteiger partial charge in [0.25, 0.3) is 0 Å². The van der Waals surface area contributed by atoms with Crippen molar-refractivity contribution in [3.8, 4) is 11.3 Å². The minimum absolute atomic E-state index is 0.0917. The van der Waals surface area contributed by atoms with Gasteiger partial charge in [-0.1, -0.05) is 26.3 Å². The number of benzene rings is 1. The molecule has 2 atom stereocenters. The molecule has 5 rings (SSSR count). The maximum absolute atomic E-state index is 15.1. The van der Waals surface area contributed by atoms with Crippen molar-refractivity contribution in [3.63, 3.8) is 0 Å². The maximum atomic E-state index is 15.1. The van der Waals surface area contributed by atoms with Gasteiger partial charge < -0.3 is 10.6 Å². The Morgan fingerprint density at radius 3 is 2.61 bits per heavy atom. The first-order valence-corrected chi connectivity index (χ1v) is 14.5. The Bertz CT molecular complexity index is 1410. The summed E-state index contributed by atoms with van der Waals surface area (Å²) in [6.07, 6.45) is 3.67. The predicted octanol–water partition coefficient (Wildman–Crippen LogP) is 4.21. The topological polar surface area (TPSA) is 112 Å². The van der Waals surface area contributed by atoms with Crippen LogP contribution in [0.5, 0.6) is 0 Å². The maximum Gasteiger partial charge on any atom is 0.301 e. The molecule has 2 fully saturated rings. The normalized spacial score (nSPS) is 21.1. The first-order chi connectivity index (χ1) is 18.2. The lowest BCUT2D eigenvalue weighted by Gasteiger charge is -2.26. The second kappa shape index (κ2) is 11.0. The smallest absolute Gasteiger partial charge is 0.301 e. The molecule has 4 heterocycles. The van der Waals surface area contributed by atoms with Crippen LogP contribution >= 0.6 is 0 Å². The molecule has 38 heavy (non-hydrogen) atoms. The van der Waals surface area contributed by atoms with E-state index < -0.39 is 22.2 Å². The van der Waals surface area contributed by atoms with E-state index in [-0.39, 0.29) is 17.6 Å². The summed E-state index contributed by atoms with van der Waals surface area (Å²) in [6, 6.07) is 6.12. The lowest BCUT2D eigenvalue weighted by Crippen LogP contribution is -2.44. The molecule has 12 heteroatoms. The highest BCUT2D eigenvalue weighted by Gasteiger charge is 2.25. The molecule has 2 aliphatic rings. The van der Waals surface area contributed by atoms with E-state index >= 15 is 4.39 Å². The molecule has 2 aliphatic heterocycles. The third kappa shape index (κ3) is 5.87. The van der Waals surface area contributed by atoms with Crippen LogP contribution in [-0.2, 0) is 10.2 Å². The first-order valence-electron chi connectivity index (χ1n) is 13.1. The van der Waals surface area contributed by atoms with Gasteiger partial charge in [-0.25, -0.2) is 23.7 Å². The number of halogens is 2. The zero-order valence-corrected chi connectivity index (χ0v) is 22.4. The molecule has 0 unspecified atom stereocenters. The second-order valence-electron chi connectivity index (χ2n) is 10.3. The zero-order chi connectivity index (χ0) is 26.9. The quantitative estimate of drug-likeness (QED) is 0.408. The van der Waals surface area contributed by atoms with Gasteiger partial charge in [0.05, 0.1) is 23.1 Å². The largest absolute Gasteiger partial charge is 0.350 e. The Hall–Kier alpha value is -2.96. The highest BCUT2D eigenvalue weighted by molar-refractivity contribution is 7.90. The molecule has 3 aromatic rings. The molecule has 0 amide bonds. The van der Waals surface area contributed by atoms with Crippen LogP contribution in [0.2, 0.25) is 0 Å². The van der Waals surface area contributed by atoms with Crippen LogP contribution in [0.3, 0.4) is 0 Å². The van der Waals surface area contributed by atoms with Crippen molar-refractivity contribution < 1.29 is 17.2 Å². The number of pyridine rings is 1. The second-order valence-corrected chi connectivity index (χ2v) is 11.9. The molecule has 2 aromatic heterocycles. The standard InChI is InChI=1S/C26H33F2N7O2S/c1-16(2)20-12-23(32-24-15-30-26(33-25(20)24)31-19-11-18(27)13-29-14-19)17-6-7-22(21(28)10-17)34-38(36,37)35-8-4-3-5-9-35/h6-7,10,12,15-16,18-19,29,34H,3-5,8-9,11,13-14H2,1-2H3,(H,30,31,33)/t18-,19-/m0/s1. The number of piperidine rings is 2. The lowest BCUT2D eigenvalue weighted by molar-refractivity contribution is 0.254. The van der Waals surface area contributed by atoms with Crippen LogP contribution in [-0.4, -0.2) is 66.1 Å². The number of hydrogen-bond donors (Lipinski definition) is 3. The first kappa shape index (κ1) is 26.6. The third-order valence-electron chi connectivity index (χ3n) is 6.99. The van der Waals surface area contributed by atoms with Gasteiger partial charge in [0.15, 0.2) is 0 Å². The average Bonchev–Trinajstić information content (AvgIpc) is 2.89. The predicted molar refractivity (Wildman–Crippen MR) is 145 cm³/mol. The molecule has 0 aliphatic carbocycles. The van der Waals surface area contributed by atoms with E-state index in [2.05, 4.69) is 30.3 Å². The van der Waals surface area contributed by atoms with E-state index in [9.17, 15) is 12.8 Å². The van der Waals surface area contributed by atoms with Crippen LogP contribution in [0.15, 0.2) is 30.5 Å².